The van der Waals surface area contributed by atoms with Crippen molar-refractivity contribution >= 4 is 0 Å². The summed E-state index contributed by atoms with van der Waals surface area (Å²) in [7, 11) is 3.77. The maximum absolute atomic E-state index is 9.40. The number of hydrogen-bond acceptors (Lipinski definition) is 3. The molecule has 0 radical (unpaired) electrons. The van der Waals surface area contributed by atoms with Crippen LogP contribution < -0.4 is 4.74 Å². The van der Waals surface area contributed by atoms with Crippen LogP contribution in [0.15, 0.2) is 24.3 Å². The van der Waals surface area contributed by atoms with Crippen LogP contribution in [0.1, 0.15) is 19.4 Å². The van der Waals surface area contributed by atoms with Gasteiger partial charge in [-0.1, -0.05) is 32.0 Å². The van der Waals surface area contributed by atoms with Crippen LogP contribution in [0.4, 0.5) is 0 Å². The topological polar surface area (TPSA) is 32.7 Å². The van der Waals surface area contributed by atoms with E-state index in [9.17, 15) is 5.11 Å². The van der Waals surface area contributed by atoms with Crippen molar-refractivity contribution in [2.75, 3.05) is 27.3 Å². The Hall–Kier alpha value is -1.06. The second-order valence-corrected chi connectivity index (χ2v) is 5.04. The Labute approximate surface area is 110 Å². The lowest BCUT2D eigenvalue weighted by Gasteiger charge is -2.29. The van der Waals surface area contributed by atoms with Crippen molar-refractivity contribution in [2.45, 2.75) is 26.3 Å². The summed E-state index contributed by atoms with van der Waals surface area (Å²) in [5.41, 5.74) is 1.22. The van der Waals surface area contributed by atoms with Gasteiger partial charge in [-0.25, -0.2) is 0 Å². The molecule has 0 amide bonds. The molecule has 3 nitrogen and oxygen atoms in total. The van der Waals surface area contributed by atoms with Gasteiger partial charge in [0, 0.05) is 12.6 Å². The van der Waals surface area contributed by atoms with Gasteiger partial charge in [0.2, 0.25) is 0 Å². The van der Waals surface area contributed by atoms with Crippen molar-refractivity contribution in [3.05, 3.63) is 29.8 Å². The third-order valence-electron chi connectivity index (χ3n) is 3.45. The molecule has 0 aliphatic rings. The second-order valence-electron chi connectivity index (χ2n) is 5.04. The molecule has 3 heteroatoms. The number of methoxy groups -OCH3 is 1. The first kappa shape index (κ1) is 15.0. The van der Waals surface area contributed by atoms with E-state index in [0.717, 1.165) is 18.7 Å². The number of rotatable bonds is 7. The number of likely N-dealkylation sites (N-methyl/N-ethyl adjacent to an activating group) is 1. The van der Waals surface area contributed by atoms with Crippen molar-refractivity contribution < 1.29 is 9.84 Å². The average molecular weight is 251 g/mol. The molecule has 102 valence electrons. The Bertz CT molecular complexity index is 352. The zero-order valence-electron chi connectivity index (χ0n) is 11.9. The van der Waals surface area contributed by atoms with E-state index in [2.05, 4.69) is 31.9 Å². The monoisotopic (exact) mass is 251 g/mol. The van der Waals surface area contributed by atoms with E-state index in [0.29, 0.717) is 5.92 Å². The van der Waals surface area contributed by atoms with Gasteiger partial charge >= 0.3 is 0 Å². The fourth-order valence-electron chi connectivity index (χ4n) is 2.23. The summed E-state index contributed by atoms with van der Waals surface area (Å²) in [6, 6.07) is 8.32. The Kier molecular flexibility index (Phi) is 6.16. The lowest BCUT2D eigenvalue weighted by molar-refractivity contribution is 0.114. The Morgan fingerprint density at radius 1 is 1.28 bits per heavy atom. The highest BCUT2D eigenvalue weighted by Gasteiger charge is 2.17. The fourth-order valence-corrected chi connectivity index (χ4v) is 2.23. The van der Waals surface area contributed by atoms with Gasteiger partial charge < -0.3 is 14.7 Å². The molecule has 0 aromatic heterocycles. The largest absolute Gasteiger partial charge is 0.496 e. The molecule has 0 saturated heterocycles. The normalized spacial score (nSPS) is 13.1. The van der Waals surface area contributed by atoms with Crippen LogP contribution in [0.3, 0.4) is 0 Å². The van der Waals surface area contributed by atoms with Crippen molar-refractivity contribution in [3.8, 4) is 5.75 Å². The summed E-state index contributed by atoms with van der Waals surface area (Å²) in [6.45, 7) is 5.41. The number of aliphatic hydroxyl groups excluding tert-OH is 1. The predicted molar refractivity (Wildman–Crippen MR) is 75.0 cm³/mol. The lowest BCUT2D eigenvalue weighted by atomic mass is 10.0. The Morgan fingerprint density at radius 2 is 1.94 bits per heavy atom. The molecule has 18 heavy (non-hydrogen) atoms. The fraction of sp³-hybridized carbons (Fsp3) is 0.600. The smallest absolute Gasteiger partial charge is 0.122 e. The van der Waals surface area contributed by atoms with Gasteiger partial charge in [0.1, 0.15) is 5.75 Å². The number of aliphatic hydroxyl groups is 1. The molecule has 0 aliphatic carbocycles. The summed E-state index contributed by atoms with van der Waals surface area (Å²) in [5.74, 6) is 1.40. The van der Waals surface area contributed by atoms with Crippen molar-refractivity contribution in [3.63, 3.8) is 0 Å². The number of para-hydroxylation sites is 1. The van der Waals surface area contributed by atoms with Gasteiger partial charge in [-0.05, 0) is 31.0 Å². The second kappa shape index (κ2) is 7.39. The average Bonchev–Trinajstić information content (AvgIpc) is 2.37. The molecule has 0 spiro atoms. The van der Waals surface area contributed by atoms with Gasteiger partial charge in [0.25, 0.3) is 0 Å². The van der Waals surface area contributed by atoms with E-state index in [1.165, 1.54) is 5.56 Å². The van der Waals surface area contributed by atoms with Gasteiger partial charge in [-0.2, -0.15) is 0 Å². The molecular weight excluding hydrogens is 226 g/mol. The molecule has 1 aromatic rings. The molecule has 1 atom stereocenters. The number of ether oxygens (including phenoxy) is 1. The van der Waals surface area contributed by atoms with Crippen LogP contribution in [-0.4, -0.2) is 43.4 Å². The third kappa shape index (κ3) is 4.00. The summed E-state index contributed by atoms with van der Waals surface area (Å²) in [4.78, 5) is 2.22. The molecule has 0 fully saturated rings. The first-order valence-corrected chi connectivity index (χ1v) is 6.53. The number of hydrogen-bond donors (Lipinski definition) is 1. The Morgan fingerprint density at radius 3 is 2.50 bits per heavy atom. The summed E-state index contributed by atoms with van der Waals surface area (Å²) >= 11 is 0. The molecular formula is C15H25NO2. The highest BCUT2D eigenvalue weighted by Crippen LogP contribution is 2.18. The minimum Gasteiger partial charge on any atom is -0.496 e. The molecule has 0 aliphatic heterocycles. The van der Waals surface area contributed by atoms with E-state index < -0.39 is 0 Å². The highest BCUT2D eigenvalue weighted by atomic mass is 16.5. The van der Waals surface area contributed by atoms with Crippen molar-refractivity contribution in [2.24, 2.45) is 5.92 Å². The van der Waals surface area contributed by atoms with Gasteiger partial charge in [0.15, 0.2) is 0 Å². The maximum Gasteiger partial charge on any atom is 0.122 e. The molecule has 0 heterocycles. The molecule has 0 bridgehead atoms. The zero-order valence-corrected chi connectivity index (χ0v) is 11.9. The first-order valence-electron chi connectivity index (χ1n) is 6.53. The van der Waals surface area contributed by atoms with E-state index in [1.54, 1.807) is 7.11 Å². The quantitative estimate of drug-likeness (QED) is 0.806. The summed E-state index contributed by atoms with van der Waals surface area (Å²) in [6.07, 6.45) is 0.934. The SMILES string of the molecule is COc1ccccc1CCN(C)C(CO)C(C)C. The van der Waals surface area contributed by atoms with Gasteiger partial charge in [0.05, 0.1) is 13.7 Å². The molecule has 1 aromatic carbocycles. The van der Waals surface area contributed by atoms with Gasteiger partial charge in [-0.15, -0.1) is 0 Å². The number of nitrogens with zero attached hydrogens (tertiary/aromatic N) is 1. The molecule has 1 N–H and O–H groups in total. The van der Waals surface area contributed by atoms with E-state index in [1.807, 2.05) is 18.2 Å². The summed E-state index contributed by atoms with van der Waals surface area (Å²) in [5, 5.41) is 9.40. The van der Waals surface area contributed by atoms with Crippen LogP contribution in [0.5, 0.6) is 5.75 Å². The molecule has 1 rings (SSSR count). The van der Waals surface area contributed by atoms with Crippen LogP contribution in [-0.2, 0) is 6.42 Å². The minimum absolute atomic E-state index is 0.208. The highest BCUT2D eigenvalue weighted by molar-refractivity contribution is 5.33. The summed E-state index contributed by atoms with van der Waals surface area (Å²) < 4.78 is 5.34. The van der Waals surface area contributed by atoms with Crippen molar-refractivity contribution in [1.82, 2.24) is 4.90 Å². The van der Waals surface area contributed by atoms with Crippen molar-refractivity contribution in [1.29, 1.82) is 0 Å². The molecule has 1 unspecified atom stereocenters. The zero-order chi connectivity index (χ0) is 13.5. The maximum atomic E-state index is 9.40. The number of benzene rings is 1. The van der Waals surface area contributed by atoms with Crippen LogP contribution >= 0.6 is 0 Å². The van der Waals surface area contributed by atoms with Crippen LogP contribution in [0, 0.1) is 5.92 Å². The van der Waals surface area contributed by atoms with E-state index >= 15 is 0 Å². The Balaban J connectivity index is 2.59. The van der Waals surface area contributed by atoms with Crippen LogP contribution in [0.2, 0.25) is 0 Å². The van der Waals surface area contributed by atoms with E-state index in [-0.39, 0.29) is 12.6 Å². The lowest BCUT2D eigenvalue weighted by Crippen LogP contribution is -2.40. The third-order valence-corrected chi connectivity index (χ3v) is 3.45. The first-order chi connectivity index (χ1) is 8.60. The molecule has 0 saturated carbocycles. The minimum atomic E-state index is 0.208. The van der Waals surface area contributed by atoms with Crippen LogP contribution in [0.25, 0.3) is 0 Å². The van der Waals surface area contributed by atoms with Gasteiger partial charge in [-0.3, -0.25) is 0 Å². The predicted octanol–water partition coefficient (Wildman–Crippen LogP) is 2.19. The standard InChI is InChI=1S/C15H25NO2/c1-12(2)14(11-17)16(3)10-9-13-7-5-6-8-15(13)18-4/h5-8,12,14,17H,9-11H2,1-4H3. The van der Waals surface area contributed by atoms with E-state index in [4.69, 9.17) is 4.74 Å².